The molecule has 1 amide bonds. The molecule has 0 fully saturated rings. The van der Waals surface area contributed by atoms with Crippen molar-refractivity contribution in [1.29, 1.82) is 0 Å². The normalized spacial score (nSPS) is 11.5. The van der Waals surface area contributed by atoms with Crippen molar-refractivity contribution in [3.63, 3.8) is 0 Å². The molecule has 2 aromatic rings. The Hall–Kier alpha value is -2.08. The molecule has 0 bridgehead atoms. The summed E-state index contributed by atoms with van der Waals surface area (Å²) in [4.78, 5) is 12.1. The number of rotatable bonds is 3. The molecule has 0 spiro atoms. The molecule has 0 aliphatic heterocycles. The van der Waals surface area contributed by atoms with Crippen molar-refractivity contribution in [3.8, 4) is 5.69 Å². The van der Waals surface area contributed by atoms with Crippen LogP contribution in [0.3, 0.4) is 0 Å². The van der Waals surface area contributed by atoms with E-state index in [0.717, 1.165) is 28.8 Å². The zero-order valence-electron chi connectivity index (χ0n) is 13.4. The summed E-state index contributed by atoms with van der Waals surface area (Å²) in [5.74, 6) is -0.605. The predicted molar refractivity (Wildman–Crippen MR) is 87.0 cm³/mol. The highest BCUT2D eigenvalue weighted by Gasteiger charge is 2.19. The van der Waals surface area contributed by atoms with Gasteiger partial charge in [-0.3, -0.25) is 4.79 Å². The van der Waals surface area contributed by atoms with E-state index in [1.807, 2.05) is 49.1 Å². The van der Waals surface area contributed by atoms with Gasteiger partial charge in [-0.2, -0.15) is 0 Å². The van der Waals surface area contributed by atoms with Gasteiger partial charge >= 0.3 is 0 Å². The van der Waals surface area contributed by atoms with E-state index in [-0.39, 0.29) is 0 Å². The molecule has 22 heavy (non-hydrogen) atoms. The number of benzene rings is 1. The van der Waals surface area contributed by atoms with E-state index in [4.69, 9.17) is 0 Å². The highest BCUT2D eigenvalue weighted by atomic mass is 32.2. The fourth-order valence-electron chi connectivity index (χ4n) is 2.69. The van der Waals surface area contributed by atoms with Gasteiger partial charge < -0.3 is 4.57 Å². The Morgan fingerprint density at radius 2 is 1.55 bits per heavy atom. The zero-order valence-corrected chi connectivity index (χ0v) is 14.2. The standard InChI is InChI=1S/C16H20N2O3S/c1-10-6-11(2)8-14(7-10)18-12(3)9-15(13(18)4)16(19)17-22(5,20)21/h6-9H,1-5H3,(H,17,19). The summed E-state index contributed by atoms with van der Waals surface area (Å²) in [5.41, 5.74) is 5.17. The predicted octanol–water partition coefficient (Wildman–Crippen LogP) is 2.40. The molecule has 6 heteroatoms. The van der Waals surface area contributed by atoms with Crippen LogP contribution in [0.5, 0.6) is 0 Å². The third kappa shape index (κ3) is 3.39. The molecule has 0 saturated heterocycles. The van der Waals surface area contributed by atoms with Crippen LogP contribution in [0, 0.1) is 27.7 Å². The third-order valence-electron chi connectivity index (χ3n) is 3.42. The average Bonchev–Trinajstić information content (AvgIpc) is 2.61. The topological polar surface area (TPSA) is 68.2 Å². The van der Waals surface area contributed by atoms with Gasteiger partial charge in [-0.25, -0.2) is 13.1 Å². The molecule has 1 aromatic heterocycles. The van der Waals surface area contributed by atoms with Gasteiger partial charge in [0, 0.05) is 17.1 Å². The van der Waals surface area contributed by atoms with E-state index in [1.165, 1.54) is 0 Å². The molecule has 1 heterocycles. The molecular weight excluding hydrogens is 300 g/mol. The summed E-state index contributed by atoms with van der Waals surface area (Å²) < 4.78 is 26.4. The number of nitrogens with one attached hydrogen (secondary N) is 1. The van der Waals surface area contributed by atoms with Crippen molar-refractivity contribution in [2.75, 3.05) is 6.26 Å². The van der Waals surface area contributed by atoms with Crippen LogP contribution in [0.2, 0.25) is 0 Å². The lowest BCUT2D eigenvalue weighted by Gasteiger charge is -2.12. The van der Waals surface area contributed by atoms with Crippen LogP contribution in [-0.4, -0.2) is 25.1 Å². The number of hydrogen-bond acceptors (Lipinski definition) is 3. The minimum atomic E-state index is -3.58. The molecule has 2 rings (SSSR count). The molecule has 0 aliphatic carbocycles. The van der Waals surface area contributed by atoms with Gasteiger partial charge in [-0.05, 0) is 57.0 Å². The molecule has 5 nitrogen and oxygen atoms in total. The Balaban J connectivity index is 2.54. The Kier molecular flexibility index (Phi) is 4.15. The van der Waals surface area contributed by atoms with E-state index in [0.29, 0.717) is 11.3 Å². The lowest BCUT2D eigenvalue weighted by molar-refractivity contribution is 0.0981. The summed E-state index contributed by atoms with van der Waals surface area (Å²) in [7, 11) is -3.58. The molecule has 1 aromatic carbocycles. The smallest absolute Gasteiger partial charge is 0.266 e. The molecular formula is C16H20N2O3S. The fraction of sp³-hybridized carbons (Fsp3) is 0.312. The molecule has 0 unspecified atom stereocenters. The Bertz CT molecular complexity index is 828. The van der Waals surface area contributed by atoms with Crippen LogP contribution in [0.15, 0.2) is 24.3 Å². The molecule has 0 atom stereocenters. The minimum Gasteiger partial charge on any atom is -0.318 e. The van der Waals surface area contributed by atoms with E-state index < -0.39 is 15.9 Å². The highest BCUT2D eigenvalue weighted by Crippen LogP contribution is 2.22. The summed E-state index contributed by atoms with van der Waals surface area (Å²) in [6, 6.07) is 7.85. The van der Waals surface area contributed by atoms with E-state index in [1.54, 1.807) is 6.07 Å². The van der Waals surface area contributed by atoms with E-state index >= 15 is 0 Å². The van der Waals surface area contributed by atoms with Gasteiger partial charge in [0.05, 0.1) is 11.8 Å². The van der Waals surface area contributed by atoms with E-state index in [9.17, 15) is 13.2 Å². The SMILES string of the molecule is Cc1cc(C)cc(-n2c(C)cc(C(=O)NS(C)(=O)=O)c2C)c1. The second kappa shape index (κ2) is 5.61. The summed E-state index contributed by atoms with van der Waals surface area (Å²) in [5, 5.41) is 0. The maximum absolute atomic E-state index is 12.1. The van der Waals surface area contributed by atoms with Crippen molar-refractivity contribution in [1.82, 2.24) is 9.29 Å². The van der Waals surface area contributed by atoms with Crippen molar-refractivity contribution in [3.05, 3.63) is 52.3 Å². The first-order valence-corrected chi connectivity index (χ1v) is 8.77. The number of carbonyl (C=O) groups is 1. The number of carbonyl (C=O) groups excluding carboxylic acids is 1. The summed E-state index contributed by atoms with van der Waals surface area (Å²) in [6.07, 6.45) is 0.966. The van der Waals surface area contributed by atoms with Crippen LogP contribution in [-0.2, 0) is 10.0 Å². The summed E-state index contributed by atoms with van der Waals surface area (Å²) >= 11 is 0. The first kappa shape index (κ1) is 16.3. The highest BCUT2D eigenvalue weighted by molar-refractivity contribution is 7.89. The first-order chi connectivity index (χ1) is 10.1. The van der Waals surface area contributed by atoms with Crippen molar-refractivity contribution in [2.45, 2.75) is 27.7 Å². The molecule has 1 N–H and O–H groups in total. The number of hydrogen-bond donors (Lipinski definition) is 1. The Labute approximate surface area is 131 Å². The molecule has 0 saturated carbocycles. The van der Waals surface area contributed by atoms with Crippen molar-refractivity contribution >= 4 is 15.9 Å². The lowest BCUT2D eigenvalue weighted by atomic mass is 10.1. The monoisotopic (exact) mass is 320 g/mol. The maximum atomic E-state index is 12.1. The van der Waals surface area contributed by atoms with Crippen LogP contribution >= 0.6 is 0 Å². The Morgan fingerprint density at radius 1 is 1.00 bits per heavy atom. The van der Waals surface area contributed by atoms with Crippen molar-refractivity contribution in [2.24, 2.45) is 0 Å². The quantitative estimate of drug-likeness (QED) is 0.944. The number of amides is 1. The van der Waals surface area contributed by atoms with Gasteiger partial charge in [-0.1, -0.05) is 6.07 Å². The zero-order chi connectivity index (χ0) is 16.7. The number of nitrogens with zero attached hydrogens (tertiary/aromatic N) is 1. The van der Waals surface area contributed by atoms with Crippen LogP contribution in [0.25, 0.3) is 5.69 Å². The van der Waals surface area contributed by atoms with Crippen LogP contribution in [0.1, 0.15) is 32.9 Å². The van der Waals surface area contributed by atoms with Crippen LogP contribution in [0.4, 0.5) is 0 Å². The molecule has 0 aliphatic rings. The number of sulfonamides is 1. The molecule has 0 radical (unpaired) electrons. The third-order valence-corrected chi connectivity index (χ3v) is 3.97. The lowest BCUT2D eigenvalue weighted by Crippen LogP contribution is -2.29. The second-order valence-electron chi connectivity index (χ2n) is 5.67. The van der Waals surface area contributed by atoms with Gasteiger partial charge in [0.15, 0.2) is 0 Å². The average molecular weight is 320 g/mol. The number of aromatic nitrogens is 1. The van der Waals surface area contributed by atoms with Gasteiger partial charge in [0.2, 0.25) is 10.0 Å². The van der Waals surface area contributed by atoms with Crippen molar-refractivity contribution < 1.29 is 13.2 Å². The van der Waals surface area contributed by atoms with Gasteiger partial charge in [0.25, 0.3) is 5.91 Å². The minimum absolute atomic E-state index is 0.363. The molecule has 118 valence electrons. The summed E-state index contributed by atoms with van der Waals surface area (Å²) in [6.45, 7) is 7.73. The van der Waals surface area contributed by atoms with E-state index in [2.05, 4.69) is 6.07 Å². The van der Waals surface area contributed by atoms with Gasteiger partial charge in [0.1, 0.15) is 0 Å². The largest absolute Gasteiger partial charge is 0.318 e. The maximum Gasteiger partial charge on any atom is 0.266 e. The fourth-order valence-corrected chi connectivity index (χ4v) is 3.14. The van der Waals surface area contributed by atoms with Crippen LogP contribution < -0.4 is 4.72 Å². The number of aryl methyl sites for hydroxylation is 3. The van der Waals surface area contributed by atoms with Gasteiger partial charge in [-0.15, -0.1) is 0 Å². The Morgan fingerprint density at radius 3 is 2.05 bits per heavy atom. The second-order valence-corrected chi connectivity index (χ2v) is 7.42. The first-order valence-electron chi connectivity index (χ1n) is 6.88.